The Morgan fingerprint density at radius 2 is 0.426 bits per heavy atom. The molecule has 0 spiro atoms. The van der Waals surface area contributed by atoms with Crippen LogP contribution >= 0.6 is 0 Å². The molecule has 0 unspecified atom stereocenters. The molecule has 14 heteroatoms. The van der Waals surface area contributed by atoms with Gasteiger partial charge in [0, 0.05) is 61.8 Å². The van der Waals surface area contributed by atoms with Crippen molar-refractivity contribution in [3.63, 3.8) is 0 Å². The van der Waals surface area contributed by atoms with Gasteiger partial charge in [0.25, 0.3) is 0 Å². The zero-order valence-electron chi connectivity index (χ0n) is 70.8. The van der Waals surface area contributed by atoms with Gasteiger partial charge >= 0.3 is 0 Å². The molecule has 2 aromatic carbocycles. The van der Waals surface area contributed by atoms with Crippen LogP contribution in [0.25, 0.3) is 24.3 Å². The van der Waals surface area contributed by atoms with Crippen molar-refractivity contribution in [3.05, 3.63) is 120 Å². The Bertz CT molecular complexity index is 2760. The number of unbranched alkanes of at least 4 members (excludes halogenated alkanes) is 48. The van der Waals surface area contributed by atoms with Crippen molar-refractivity contribution in [2.45, 2.75) is 402 Å². The molecule has 0 atom stereocenters. The molecule has 0 aliphatic carbocycles. The molecule has 0 radical (unpaired) electrons. The van der Waals surface area contributed by atoms with Crippen molar-refractivity contribution in [1.29, 1.82) is 0 Å². The fourth-order valence-corrected chi connectivity index (χ4v) is 14.4. The SMILES string of the molecule is CCCCCCCCCCCCCCCCN(CCCCCCCCCCCCCCCC)c1ccc(/C=C/c2cc[n+](CC)cc2)cc1.CCCCCCCCCCCCCCN(CCCCCCCCCCCCCC)c1ccc(/C=C/c2cc[n+](CC)cc2)cc1.CCOS(=O)(=O)[O-].CCOS(=O)(=O)[O-]. The Morgan fingerprint density at radius 3 is 0.574 bits per heavy atom. The third-order valence-electron chi connectivity index (χ3n) is 20.7. The Balaban J connectivity index is 0.000000916. The Hall–Kier alpha value is -4.44. The van der Waals surface area contributed by atoms with Gasteiger partial charge in [-0.15, -0.1) is 0 Å². The molecule has 0 bridgehead atoms. The molecule has 0 N–H and O–H groups in total. The van der Waals surface area contributed by atoms with E-state index in [-0.39, 0.29) is 13.2 Å². The second-order valence-corrected chi connectivity index (χ2v) is 32.5. The van der Waals surface area contributed by atoms with E-state index in [0.717, 1.165) is 13.1 Å². The first kappa shape index (κ1) is 102. The second-order valence-electron chi connectivity index (χ2n) is 30.3. The van der Waals surface area contributed by atoms with Gasteiger partial charge in [0.15, 0.2) is 24.8 Å². The molecule has 0 aliphatic rings. The van der Waals surface area contributed by atoms with Crippen LogP contribution in [0, 0.1) is 0 Å². The molecular formula is C94H164N4O8S2. The highest BCUT2D eigenvalue weighted by Gasteiger charge is 2.10. The summed E-state index contributed by atoms with van der Waals surface area (Å²) in [6.45, 7) is 23.1. The van der Waals surface area contributed by atoms with Crippen LogP contribution in [0.5, 0.6) is 0 Å². The van der Waals surface area contributed by atoms with E-state index < -0.39 is 20.8 Å². The van der Waals surface area contributed by atoms with Crippen molar-refractivity contribution in [2.75, 3.05) is 49.2 Å². The summed E-state index contributed by atoms with van der Waals surface area (Å²) in [4.78, 5) is 5.37. The van der Waals surface area contributed by atoms with Crippen LogP contribution in [0.15, 0.2) is 97.6 Å². The monoisotopic (exact) mass is 1540 g/mol. The Morgan fingerprint density at radius 1 is 0.259 bits per heavy atom. The topological polar surface area (TPSA) is 147 Å². The number of aryl methyl sites for hydroxylation is 2. The molecular weight excluding hydrogens is 1380 g/mol. The Labute approximate surface area is 667 Å². The predicted octanol–water partition coefficient (Wildman–Crippen LogP) is 27.3. The molecule has 2 heterocycles. The van der Waals surface area contributed by atoms with Crippen LogP contribution in [0.3, 0.4) is 0 Å². The van der Waals surface area contributed by atoms with Crippen molar-refractivity contribution in [1.82, 2.24) is 0 Å². The summed E-state index contributed by atoms with van der Waals surface area (Å²) in [7, 11) is -8.85. The maximum atomic E-state index is 9.45. The third kappa shape index (κ3) is 65.1. The van der Waals surface area contributed by atoms with Gasteiger partial charge in [0.05, 0.1) is 13.2 Å². The summed E-state index contributed by atoms with van der Waals surface area (Å²) >= 11 is 0. The molecule has 2 aromatic heterocycles. The van der Waals surface area contributed by atoms with Crippen molar-refractivity contribution in [2.24, 2.45) is 0 Å². The van der Waals surface area contributed by atoms with Gasteiger partial charge in [-0.05, 0) is 99.9 Å². The highest BCUT2D eigenvalue weighted by Crippen LogP contribution is 2.24. The molecule has 0 fully saturated rings. The van der Waals surface area contributed by atoms with E-state index in [0.29, 0.717) is 0 Å². The van der Waals surface area contributed by atoms with Gasteiger partial charge < -0.3 is 18.9 Å². The highest BCUT2D eigenvalue weighted by atomic mass is 32.3. The maximum Gasteiger partial charge on any atom is 0.217 e. The fraction of sp³-hybridized carbons (Fsp3) is 0.723. The van der Waals surface area contributed by atoms with Gasteiger partial charge in [0.2, 0.25) is 20.8 Å². The molecule has 12 nitrogen and oxygen atoms in total. The lowest BCUT2D eigenvalue weighted by Crippen LogP contribution is -2.30. The molecule has 0 saturated heterocycles. The lowest BCUT2D eigenvalue weighted by molar-refractivity contribution is -0.693. The lowest BCUT2D eigenvalue weighted by Gasteiger charge is -2.25. The summed E-state index contributed by atoms with van der Waals surface area (Å²) in [5.41, 5.74) is 7.88. The molecule has 0 aliphatic heterocycles. The smallest absolute Gasteiger partial charge is 0.217 e. The van der Waals surface area contributed by atoms with Gasteiger partial charge in [-0.2, -0.15) is 0 Å². The highest BCUT2D eigenvalue weighted by molar-refractivity contribution is 7.81. The molecule has 0 amide bonds. The van der Waals surface area contributed by atoms with Gasteiger partial charge in [-0.3, -0.25) is 8.37 Å². The summed E-state index contributed by atoms with van der Waals surface area (Å²) in [6.07, 6.45) is 91.5. The van der Waals surface area contributed by atoms with E-state index in [4.69, 9.17) is 0 Å². The minimum Gasteiger partial charge on any atom is -0.726 e. The van der Waals surface area contributed by atoms with Crippen molar-refractivity contribution >= 4 is 56.5 Å². The number of hydrogen-bond acceptors (Lipinski definition) is 10. The van der Waals surface area contributed by atoms with Crippen LogP contribution in [0.4, 0.5) is 11.4 Å². The number of anilines is 2. The standard InChI is InChI=1S/C47H81N2.C43H73N2.2C2H6O4S/c1-4-7-9-11-13-15-17-19-21-23-25-27-29-31-41-49(42-32-30-28-26-24-22-20-18-16-14-12-10-8-5-2)47-37-35-45(36-38-47)33-34-46-39-43-48(6-3)44-40-46;1-4-7-9-11-13-15-17-19-21-23-25-27-37-45(38-28-26-24-22-20-18-16-14-12-10-8-5-2)43-33-31-41(32-34-43)29-30-42-35-39-44(6-3)40-36-42;2*1-2-6-7(3,4)5/h33-40,43-44H,4-32,41-42H2,1-3H3;29-36,39-40H,4-28,37-38H2,1-3H3;2*2H2,1H3,(H,3,4,5)/q2*+1;;/p-2. The quantitative estimate of drug-likeness (QED) is 0.0181. The molecule has 0 saturated carbocycles. The maximum absolute atomic E-state index is 9.45. The lowest BCUT2D eigenvalue weighted by atomic mass is 10.0. The largest absolute Gasteiger partial charge is 0.726 e. The average Bonchev–Trinajstić information content (AvgIpc) is 0.876. The normalized spacial score (nSPS) is 11.6. The van der Waals surface area contributed by atoms with E-state index in [2.05, 4.69) is 191 Å². The van der Waals surface area contributed by atoms with Crippen LogP contribution in [0.1, 0.15) is 412 Å². The van der Waals surface area contributed by atoms with Crippen molar-refractivity contribution in [3.8, 4) is 0 Å². The third-order valence-corrected chi connectivity index (χ3v) is 21.7. The average molecular weight is 1540 g/mol. The van der Waals surface area contributed by atoms with E-state index in [9.17, 15) is 25.9 Å². The molecule has 620 valence electrons. The van der Waals surface area contributed by atoms with Crippen LogP contribution in [-0.4, -0.2) is 65.3 Å². The number of hydrogen-bond donors (Lipinski definition) is 0. The fourth-order valence-electron chi connectivity index (χ4n) is 13.9. The van der Waals surface area contributed by atoms with E-state index in [1.54, 1.807) is 0 Å². The second kappa shape index (κ2) is 74.0. The van der Waals surface area contributed by atoms with Gasteiger partial charge in [-0.1, -0.05) is 384 Å². The minimum atomic E-state index is -4.42. The first-order valence-electron chi connectivity index (χ1n) is 44.9. The number of nitrogens with zero attached hydrogens (tertiary/aromatic N) is 4. The zero-order valence-corrected chi connectivity index (χ0v) is 72.5. The minimum absolute atomic E-state index is 0.0914. The number of pyridine rings is 2. The number of rotatable bonds is 68. The number of aromatic nitrogens is 2. The van der Waals surface area contributed by atoms with E-state index in [1.807, 2.05) is 0 Å². The van der Waals surface area contributed by atoms with Gasteiger partial charge in [-0.25, -0.2) is 26.0 Å². The number of benzene rings is 2. The predicted molar refractivity (Wildman–Crippen MR) is 465 cm³/mol. The van der Waals surface area contributed by atoms with E-state index in [1.165, 1.54) is 408 Å². The molecule has 108 heavy (non-hydrogen) atoms. The van der Waals surface area contributed by atoms with Crippen LogP contribution in [0.2, 0.25) is 0 Å². The Kier molecular flexibility index (Phi) is 69.6. The summed E-state index contributed by atoms with van der Waals surface area (Å²) in [5.74, 6) is 0. The summed E-state index contributed by atoms with van der Waals surface area (Å²) in [6, 6.07) is 27.5. The van der Waals surface area contributed by atoms with Gasteiger partial charge in [0.1, 0.15) is 13.1 Å². The van der Waals surface area contributed by atoms with E-state index >= 15 is 0 Å². The summed E-state index contributed by atoms with van der Waals surface area (Å²) < 4.78 is 68.4. The first-order chi connectivity index (χ1) is 52.6. The first-order valence-corrected chi connectivity index (χ1v) is 47.6. The van der Waals surface area contributed by atoms with Crippen molar-refractivity contribution < 1.29 is 43.4 Å². The van der Waals surface area contributed by atoms with Crippen LogP contribution < -0.4 is 18.9 Å². The molecule has 4 aromatic rings. The zero-order chi connectivity index (χ0) is 78.8. The van der Waals surface area contributed by atoms with Crippen LogP contribution in [-0.2, 0) is 42.3 Å². The summed E-state index contributed by atoms with van der Waals surface area (Å²) in [5, 5.41) is 0. The molecule has 4 rings (SSSR count).